The molecule has 1 saturated heterocycles. The van der Waals surface area contributed by atoms with Crippen molar-refractivity contribution in [2.45, 2.75) is 57.2 Å². The first-order valence-electron chi connectivity index (χ1n) is 6.58. The first-order valence-corrected chi connectivity index (χ1v) is 6.58. The molecule has 1 spiro atoms. The molecule has 0 bridgehead atoms. The molecule has 3 aliphatic rings. The van der Waals surface area contributed by atoms with Crippen molar-refractivity contribution in [2.24, 2.45) is 5.41 Å². The summed E-state index contributed by atoms with van der Waals surface area (Å²) in [4.78, 5) is 11.9. The highest BCUT2D eigenvalue weighted by atomic mass is 16.6. The lowest BCUT2D eigenvalue weighted by Gasteiger charge is -2.49. The van der Waals surface area contributed by atoms with E-state index < -0.39 is 0 Å². The Morgan fingerprint density at radius 1 is 1.12 bits per heavy atom. The maximum Gasteiger partial charge on any atom is 0.144 e. The van der Waals surface area contributed by atoms with Crippen LogP contribution in [0.2, 0.25) is 0 Å². The molecule has 0 aromatic heterocycles. The van der Waals surface area contributed by atoms with Crippen LogP contribution in [-0.4, -0.2) is 31.2 Å². The molecule has 0 aromatic rings. The normalized spacial score (nSPS) is 34.2. The smallest absolute Gasteiger partial charge is 0.144 e. The Morgan fingerprint density at radius 3 is 2.31 bits per heavy atom. The first-order chi connectivity index (χ1) is 7.81. The highest BCUT2D eigenvalue weighted by Crippen LogP contribution is 2.50. The maximum atomic E-state index is 11.9. The van der Waals surface area contributed by atoms with Crippen molar-refractivity contribution in [1.82, 2.24) is 0 Å². The summed E-state index contributed by atoms with van der Waals surface area (Å²) < 4.78 is 11.1. The molecule has 0 radical (unpaired) electrons. The number of ether oxygens (including phenoxy) is 2. The number of Topliss-reactive ketones (excluding diaryl/α,β-unsaturated/α-hetero) is 1. The average molecular weight is 224 g/mol. The first kappa shape index (κ1) is 10.7. The highest BCUT2D eigenvalue weighted by molar-refractivity contribution is 5.92. The van der Waals surface area contributed by atoms with Gasteiger partial charge in [0, 0.05) is 6.42 Å². The van der Waals surface area contributed by atoms with Gasteiger partial charge in [-0.2, -0.15) is 0 Å². The van der Waals surface area contributed by atoms with E-state index in [1.807, 2.05) is 0 Å². The maximum absolute atomic E-state index is 11.9. The fourth-order valence-electron chi connectivity index (χ4n) is 3.28. The van der Waals surface area contributed by atoms with Crippen LogP contribution in [0.15, 0.2) is 0 Å². The van der Waals surface area contributed by atoms with Crippen LogP contribution in [-0.2, 0) is 14.3 Å². The van der Waals surface area contributed by atoms with Crippen LogP contribution in [0.5, 0.6) is 0 Å². The van der Waals surface area contributed by atoms with Gasteiger partial charge in [0.05, 0.1) is 24.7 Å². The van der Waals surface area contributed by atoms with Gasteiger partial charge in [0.25, 0.3) is 0 Å². The number of ketones is 1. The monoisotopic (exact) mass is 224 g/mol. The SMILES string of the molecule is O=C1CC(OC2COC2)C12CCCCCC2. The summed E-state index contributed by atoms with van der Waals surface area (Å²) in [6.07, 6.45) is 8.21. The third-order valence-corrected chi connectivity index (χ3v) is 4.50. The zero-order valence-corrected chi connectivity index (χ0v) is 9.74. The van der Waals surface area contributed by atoms with E-state index in [-0.39, 0.29) is 17.6 Å². The molecule has 2 saturated carbocycles. The van der Waals surface area contributed by atoms with Gasteiger partial charge < -0.3 is 9.47 Å². The summed E-state index contributed by atoms with van der Waals surface area (Å²) >= 11 is 0. The van der Waals surface area contributed by atoms with Gasteiger partial charge in [0.1, 0.15) is 11.9 Å². The van der Waals surface area contributed by atoms with E-state index >= 15 is 0 Å². The van der Waals surface area contributed by atoms with Crippen LogP contribution < -0.4 is 0 Å². The molecule has 1 aliphatic heterocycles. The van der Waals surface area contributed by atoms with Crippen molar-refractivity contribution < 1.29 is 14.3 Å². The second kappa shape index (κ2) is 4.11. The molecule has 0 aromatic carbocycles. The number of carbonyl (C=O) groups is 1. The van der Waals surface area contributed by atoms with Gasteiger partial charge in [-0.25, -0.2) is 0 Å². The third kappa shape index (κ3) is 1.61. The van der Waals surface area contributed by atoms with Crippen LogP contribution in [0.4, 0.5) is 0 Å². The van der Waals surface area contributed by atoms with Gasteiger partial charge >= 0.3 is 0 Å². The van der Waals surface area contributed by atoms with Crippen molar-refractivity contribution in [3.05, 3.63) is 0 Å². The third-order valence-electron chi connectivity index (χ3n) is 4.50. The lowest BCUT2D eigenvalue weighted by Crippen LogP contribution is -2.57. The highest BCUT2D eigenvalue weighted by Gasteiger charge is 2.55. The van der Waals surface area contributed by atoms with Crippen molar-refractivity contribution in [1.29, 1.82) is 0 Å². The summed E-state index contributed by atoms with van der Waals surface area (Å²) in [7, 11) is 0. The standard InChI is InChI=1S/C13H20O3/c14-11-7-12(16-10-8-15-9-10)13(11)5-3-1-2-4-6-13/h10,12H,1-9H2. The molecule has 1 heterocycles. The summed E-state index contributed by atoms with van der Waals surface area (Å²) in [5.41, 5.74) is -0.0912. The van der Waals surface area contributed by atoms with Crippen molar-refractivity contribution >= 4 is 5.78 Å². The topological polar surface area (TPSA) is 35.5 Å². The van der Waals surface area contributed by atoms with Crippen molar-refractivity contribution in [2.75, 3.05) is 13.2 Å². The predicted octanol–water partition coefficient (Wildman–Crippen LogP) is 2.08. The molecule has 0 amide bonds. The fraction of sp³-hybridized carbons (Fsp3) is 0.923. The number of rotatable bonds is 2. The Morgan fingerprint density at radius 2 is 1.81 bits per heavy atom. The van der Waals surface area contributed by atoms with Crippen LogP contribution in [0.3, 0.4) is 0 Å². The van der Waals surface area contributed by atoms with Crippen LogP contribution in [0.25, 0.3) is 0 Å². The molecule has 2 aliphatic carbocycles. The van der Waals surface area contributed by atoms with Crippen molar-refractivity contribution in [3.63, 3.8) is 0 Å². The minimum atomic E-state index is -0.0912. The lowest BCUT2D eigenvalue weighted by molar-refractivity contribution is -0.209. The van der Waals surface area contributed by atoms with E-state index in [1.165, 1.54) is 25.7 Å². The Hall–Kier alpha value is -0.410. The Bertz CT molecular complexity index is 275. The van der Waals surface area contributed by atoms with Crippen LogP contribution in [0.1, 0.15) is 44.9 Å². The quantitative estimate of drug-likeness (QED) is 0.720. The van der Waals surface area contributed by atoms with E-state index in [2.05, 4.69) is 0 Å². The number of hydrogen-bond acceptors (Lipinski definition) is 3. The van der Waals surface area contributed by atoms with E-state index in [9.17, 15) is 4.79 Å². The Balaban J connectivity index is 1.66. The van der Waals surface area contributed by atoms with Gasteiger partial charge in [0.2, 0.25) is 0 Å². The molecule has 0 N–H and O–H groups in total. The Kier molecular flexibility index (Phi) is 2.76. The minimum Gasteiger partial charge on any atom is -0.376 e. The summed E-state index contributed by atoms with van der Waals surface area (Å²) in [6, 6.07) is 0. The molecular weight excluding hydrogens is 204 g/mol. The second-order valence-corrected chi connectivity index (χ2v) is 5.48. The molecule has 90 valence electrons. The van der Waals surface area contributed by atoms with Gasteiger partial charge in [-0.3, -0.25) is 4.79 Å². The van der Waals surface area contributed by atoms with E-state index in [4.69, 9.17) is 9.47 Å². The zero-order chi connectivity index (χ0) is 11.0. The lowest BCUT2D eigenvalue weighted by atomic mass is 9.60. The van der Waals surface area contributed by atoms with E-state index in [0.29, 0.717) is 12.2 Å². The van der Waals surface area contributed by atoms with Gasteiger partial charge in [0.15, 0.2) is 0 Å². The molecule has 3 rings (SSSR count). The van der Waals surface area contributed by atoms with Gasteiger partial charge in [-0.05, 0) is 12.8 Å². The summed E-state index contributed by atoms with van der Waals surface area (Å²) in [6.45, 7) is 1.45. The molecule has 1 atom stereocenters. The van der Waals surface area contributed by atoms with Gasteiger partial charge in [-0.1, -0.05) is 25.7 Å². The number of carbonyl (C=O) groups excluding carboxylic acids is 1. The van der Waals surface area contributed by atoms with Crippen LogP contribution >= 0.6 is 0 Å². The second-order valence-electron chi connectivity index (χ2n) is 5.48. The molecule has 3 heteroatoms. The zero-order valence-electron chi connectivity index (χ0n) is 9.74. The molecule has 3 fully saturated rings. The minimum absolute atomic E-state index is 0.0912. The Labute approximate surface area is 96.5 Å². The summed E-state index contributed by atoms with van der Waals surface area (Å²) in [5.74, 6) is 0.458. The molecular formula is C13H20O3. The van der Waals surface area contributed by atoms with Crippen molar-refractivity contribution in [3.8, 4) is 0 Å². The summed E-state index contributed by atoms with van der Waals surface area (Å²) in [5, 5.41) is 0. The predicted molar refractivity (Wildman–Crippen MR) is 59.2 cm³/mol. The fourth-order valence-corrected chi connectivity index (χ4v) is 3.28. The molecule has 3 nitrogen and oxygen atoms in total. The van der Waals surface area contributed by atoms with Gasteiger partial charge in [-0.15, -0.1) is 0 Å². The molecule has 16 heavy (non-hydrogen) atoms. The number of hydrogen-bond donors (Lipinski definition) is 0. The largest absolute Gasteiger partial charge is 0.376 e. The van der Waals surface area contributed by atoms with E-state index in [0.717, 1.165) is 26.1 Å². The molecule has 1 unspecified atom stereocenters. The van der Waals surface area contributed by atoms with Crippen LogP contribution in [0, 0.1) is 5.41 Å². The van der Waals surface area contributed by atoms with E-state index in [1.54, 1.807) is 0 Å². The average Bonchev–Trinajstić information content (AvgIpc) is 2.48.